The molecule has 6 saturated heterocycles. The Labute approximate surface area is 564 Å². The van der Waals surface area contributed by atoms with Crippen LogP contribution in [0.3, 0.4) is 0 Å². The molecular formula is C64H104O34. The average molecular weight is 1420 g/mol. The molecule has 6 aliphatic heterocycles. The van der Waals surface area contributed by atoms with Gasteiger partial charge in [0.15, 0.2) is 37.6 Å². The van der Waals surface area contributed by atoms with Gasteiger partial charge in [-0.05, 0) is 97.7 Å². The van der Waals surface area contributed by atoms with Gasteiger partial charge in [0.25, 0.3) is 0 Å². The summed E-state index contributed by atoms with van der Waals surface area (Å²) in [6.45, 7) is 7.00. The Morgan fingerprint density at radius 3 is 1.60 bits per heavy atom. The molecule has 21 N–H and O–H groups in total. The highest BCUT2D eigenvalue weighted by molar-refractivity contribution is 5.80. The zero-order valence-corrected chi connectivity index (χ0v) is 55.5. The normalized spacial score (nSPS) is 54.1. The number of carbonyl (C=O) groups is 1. The van der Waals surface area contributed by atoms with Gasteiger partial charge in [-0.15, -0.1) is 0 Å². The van der Waals surface area contributed by atoms with Crippen LogP contribution < -0.4 is 0 Å². The molecule has 0 amide bonds. The minimum Gasteiger partial charge on any atom is -0.432 e. The van der Waals surface area contributed by atoms with Crippen molar-refractivity contribution in [2.45, 2.75) is 283 Å². The van der Waals surface area contributed by atoms with Gasteiger partial charge in [-0.25, -0.2) is 0 Å². The molecule has 11 aliphatic rings. The maximum absolute atomic E-state index is 15.5. The first-order valence-electron chi connectivity index (χ1n) is 34.0. The molecule has 4 saturated carbocycles. The van der Waals surface area contributed by atoms with Crippen LogP contribution in [-0.4, -0.2) is 350 Å². The maximum Gasteiger partial charge on any atom is 0.317 e. The van der Waals surface area contributed by atoms with E-state index in [1.54, 1.807) is 0 Å². The zero-order valence-electron chi connectivity index (χ0n) is 55.5. The van der Waals surface area contributed by atoms with Crippen LogP contribution in [0.4, 0.5) is 0 Å². The van der Waals surface area contributed by atoms with Crippen LogP contribution in [0.5, 0.6) is 0 Å². The number of aliphatic hydroxyl groups is 21. The Bertz CT molecular complexity index is 2750. The number of allylic oxidation sites excluding steroid dienone is 2. The Kier molecular flexibility index (Phi) is 22.8. The SMILES string of the molecule is C[C@@H]1O[C@@H](O[C@H]2[C@H](OC(=O)[C@]34CCC(C)(C)C[C@H]3C3=CC[C@@H]5[C@@]6(C)C[C@H](O)[C@H](O[C@@H]7O[C@H](CO[C@@H]8O[C@H](CO[C@@H]9O[C@H](CO)[C@@H](O)[C@H](O)[C@H]9O)[C@@H](O)[C@H](O)[C@H]8O)[C@@H](O)[C@H](O)[C@H]7O)C(CO)(CO)[C@H]6CC[C@@]5(C)[C@]3(C)C[C@H]4O)OC[C@H](O)[C@@H]2O)[C@H](O)[C@H](O)[C@H]1O[C@@H]1OC[C@@H](O)[C@H](O)[C@H]1O. The molecule has 0 bridgehead atoms. The van der Waals surface area contributed by atoms with Crippen LogP contribution >= 0.6 is 0 Å². The lowest BCUT2D eigenvalue weighted by Crippen LogP contribution is -2.71. The molecule has 0 spiro atoms. The third-order valence-electron chi connectivity index (χ3n) is 25.0. The molecule has 38 atom stereocenters. The van der Waals surface area contributed by atoms with Gasteiger partial charge in [0.05, 0.1) is 70.7 Å². The summed E-state index contributed by atoms with van der Waals surface area (Å²) in [5.74, 6) is -2.54. The fourth-order valence-corrected chi connectivity index (χ4v) is 19.0. The van der Waals surface area contributed by atoms with Crippen LogP contribution in [0.15, 0.2) is 11.6 Å². The van der Waals surface area contributed by atoms with Crippen molar-refractivity contribution in [3.63, 3.8) is 0 Å². The van der Waals surface area contributed by atoms with Gasteiger partial charge in [0, 0.05) is 5.41 Å². The monoisotopic (exact) mass is 1420 g/mol. The molecule has 10 fully saturated rings. The Morgan fingerprint density at radius 2 is 1.01 bits per heavy atom. The van der Waals surface area contributed by atoms with Crippen molar-refractivity contribution in [2.75, 3.05) is 46.2 Å². The van der Waals surface area contributed by atoms with E-state index < -0.39 is 281 Å². The van der Waals surface area contributed by atoms with Crippen LogP contribution in [0.1, 0.15) is 92.9 Å². The summed E-state index contributed by atoms with van der Waals surface area (Å²) in [4.78, 5) is 15.5. The molecule has 34 nitrogen and oxygen atoms in total. The molecule has 6 heterocycles. The van der Waals surface area contributed by atoms with Gasteiger partial charge in [0.1, 0.15) is 127 Å². The molecule has 0 aromatic heterocycles. The number of rotatable bonds is 17. The molecule has 0 aromatic carbocycles. The number of aliphatic hydroxyl groups excluding tert-OH is 21. The van der Waals surface area contributed by atoms with Crippen LogP contribution in [-0.2, 0) is 61.6 Å². The second-order valence-electron chi connectivity index (χ2n) is 31.1. The van der Waals surface area contributed by atoms with Crippen molar-refractivity contribution in [3.8, 4) is 0 Å². The Morgan fingerprint density at radius 1 is 0.500 bits per heavy atom. The largest absolute Gasteiger partial charge is 0.432 e. The molecular weight excluding hydrogens is 1310 g/mol. The molecule has 0 radical (unpaired) electrons. The van der Waals surface area contributed by atoms with Crippen molar-refractivity contribution in [2.24, 2.45) is 50.2 Å². The summed E-state index contributed by atoms with van der Waals surface area (Å²) < 4.78 is 70.0. The molecule has 34 heteroatoms. The van der Waals surface area contributed by atoms with Crippen molar-refractivity contribution < 1.29 is 169 Å². The first-order chi connectivity index (χ1) is 46.0. The van der Waals surface area contributed by atoms with Gasteiger partial charge in [0.2, 0.25) is 6.29 Å². The van der Waals surface area contributed by atoms with Crippen molar-refractivity contribution in [3.05, 3.63) is 11.6 Å². The quantitative estimate of drug-likeness (QED) is 0.0365. The number of hydrogen-bond acceptors (Lipinski definition) is 34. The standard InChI is InChI=1S/C64H104O34/c1-23-49(95-54-44(81)35(72)27(69)17-87-54)43(80)48(85)55(91-23)96-50-36(73)28(70)18-88-57(50)98-58(86)64-12-11-59(2,3)13-25(64)24-7-8-32-60(4)14-26(68)51(63(21-66,22-67)33(60)9-10-61(32,5)62(24,6)15-34(64)71)97-56-47(84)42(79)39(76)31(94-56)20-90-53-46(83)41(78)38(75)30(93-53)19-89-52-45(82)40(77)37(74)29(16-65)92-52/h7,23,25-57,65-85H,8-22H2,1-6H3/t23-,25-,26-,27+,28-,29+,30+,31+,32+,33-,34+,35-,36-,37+,38+,39+,40-,41-,42-,43-,44+,45+,46+,47+,48+,49-,50+,51-,52+,53+,54-,55-,56-,57-,60+,61+,62+,64+/m0/s1. The van der Waals surface area contributed by atoms with Crippen LogP contribution in [0, 0.1) is 50.2 Å². The lowest BCUT2D eigenvalue weighted by atomic mass is 9.33. The molecule has 11 rings (SSSR count). The second-order valence-corrected chi connectivity index (χ2v) is 31.1. The number of ether oxygens (including phenoxy) is 12. The molecule has 564 valence electrons. The highest BCUT2D eigenvalue weighted by Crippen LogP contribution is 2.76. The summed E-state index contributed by atoms with van der Waals surface area (Å²) in [6.07, 6.45) is -48.7. The Hall–Kier alpha value is -2.07. The van der Waals surface area contributed by atoms with E-state index in [4.69, 9.17) is 56.8 Å². The minimum atomic E-state index is -2.02. The Balaban J connectivity index is 0.788. The van der Waals surface area contributed by atoms with E-state index in [1.807, 2.05) is 6.92 Å². The highest BCUT2D eigenvalue weighted by Gasteiger charge is 2.74. The minimum absolute atomic E-state index is 0.0115. The number of fused-ring (bicyclic) bond motifs is 7. The van der Waals surface area contributed by atoms with Crippen molar-refractivity contribution in [1.82, 2.24) is 0 Å². The van der Waals surface area contributed by atoms with Crippen LogP contribution in [0.25, 0.3) is 0 Å². The average Bonchev–Trinajstić information content (AvgIpc) is 0.669. The third-order valence-corrected chi connectivity index (χ3v) is 25.0. The summed E-state index contributed by atoms with van der Waals surface area (Å²) in [6, 6.07) is 0. The van der Waals surface area contributed by atoms with Crippen molar-refractivity contribution >= 4 is 5.97 Å². The van der Waals surface area contributed by atoms with Gasteiger partial charge in [-0.3, -0.25) is 4.79 Å². The van der Waals surface area contributed by atoms with E-state index >= 15 is 4.79 Å². The third kappa shape index (κ3) is 13.0. The number of esters is 1. The van der Waals surface area contributed by atoms with Gasteiger partial charge >= 0.3 is 5.97 Å². The predicted octanol–water partition coefficient (Wildman–Crippen LogP) is -8.19. The molecule has 98 heavy (non-hydrogen) atoms. The van der Waals surface area contributed by atoms with Crippen LogP contribution in [0.2, 0.25) is 0 Å². The number of carbonyl (C=O) groups excluding carboxylic acids is 1. The molecule has 0 unspecified atom stereocenters. The zero-order chi connectivity index (χ0) is 71.6. The van der Waals surface area contributed by atoms with E-state index in [0.29, 0.717) is 32.1 Å². The summed E-state index contributed by atoms with van der Waals surface area (Å²) in [5.41, 5.74) is -5.34. The van der Waals surface area contributed by atoms with E-state index in [0.717, 1.165) is 5.57 Å². The molecule has 5 aliphatic carbocycles. The first-order valence-corrected chi connectivity index (χ1v) is 34.0. The number of hydrogen-bond donors (Lipinski definition) is 21. The van der Waals surface area contributed by atoms with E-state index in [9.17, 15) is 107 Å². The summed E-state index contributed by atoms with van der Waals surface area (Å²) in [5, 5.41) is 232. The maximum atomic E-state index is 15.5. The van der Waals surface area contributed by atoms with E-state index in [2.05, 4.69) is 33.8 Å². The van der Waals surface area contributed by atoms with Gasteiger partial charge in [-0.2, -0.15) is 0 Å². The van der Waals surface area contributed by atoms with E-state index in [1.165, 1.54) is 6.92 Å². The first kappa shape index (κ1) is 77.0. The lowest BCUT2D eigenvalue weighted by Gasteiger charge is -2.72. The smallest absolute Gasteiger partial charge is 0.317 e. The van der Waals surface area contributed by atoms with Crippen molar-refractivity contribution in [1.29, 1.82) is 0 Å². The van der Waals surface area contributed by atoms with Gasteiger partial charge < -0.3 is 164 Å². The summed E-state index contributed by atoms with van der Waals surface area (Å²) >= 11 is 0. The second kappa shape index (κ2) is 29.0. The molecule has 0 aromatic rings. The predicted molar refractivity (Wildman–Crippen MR) is 320 cm³/mol. The lowest BCUT2D eigenvalue weighted by molar-refractivity contribution is -0.369. The highest BCUT2D eigenvalue weighted by atomic mass is 16.8. The van der Waals surface area contributed by atoms with Gasteiger partial charge in [-0.1, -0.05) is 46.3 Å². The fraction of sp³-hybridized carbons (Fsp3) is 0.953. The summed E-state index contributed by atoms with van der Waals surface area (Å²) in [7, 11) is 0. The fourth-order valence-electron chi connectivity index (χ4n) is 19.0. The van der Waals surface area contributed by atoms with E-state index in [-0.39, 0.29) is 30.6 Å². The topological polar surface area (TPSA) is 553 Å².